The molecule has 0 unspecified atom stereocenters. The molecule has 2 atom stereocenters. The van der Waals surface area contributed by atoms with Crippen LogP contribution in [0.5, 0.6) is 5.75 Å². The zero-order valence-corrected chi connectivity index (χ0v) is 14.7. The van der Waals surface area contributed by atoms with E-state index in [1.54, 1.807) is 12.1 Å². The maximum atomic E-state index is 11.9. The van der Waals surface area contributed by atoms with Crippen molar-refractivity contribution in [3.8, 4) is 11.8 Å². The first-order chi connectivity index (χ1) is 12.1. The van der Waals surface area contributed by atoms with Crippen LogP contribution in [0, 0.1) is 17.2 Å². The van der Waals surface area contributed by atoms with Gasteiger partial charge in [0.1, 0.15) is 18.5 Å². The molecule has 25 heavy (non-hydrogen) atoms. The molecule has 0 bridgehead atoms. The van der Waals surface area contributed by atoms with E-state index in [-0.39, 0.29) is 18.5 Å². The number of carbonyl (C=O) groups excluding carboxylic acids is 1. The number of esters is 1. The van der Waals surface area contributed by atoms with Crippen LogP contribution in [0.4, 0.5) is 0 Å². The number of aliphatic hydroxyl groups excluding tert-OH is 1. The number of benzene rings is 1. The van der Waals surface area contributed by atoms with Gasteiger partial charge < -0.3 is 14.6 Å². The van der Waals surface area contributed by atoms with Crippen molar-refractivity contribution in [1.29, 1.82) is 5.26 Å². The number of piperidine rings is 1. The zero-order valence-electron chi connectivity index (χ0n) is 14.7. The summed E-state index contributed by atoms with van der Waals surface area (Å²) in [5.74, 6) is 0.425. The highest BCUT2D eigenvalue weighted by Crippen LogP contribution is 2.18. The third-order valence-corrected chi connectivity index (χ3v) is 4.24. The number of carbonyl (C=O) groups is 1. The quantitative estimate of drug-likeness (QED) is 0.722. The van der Waals surface area contributed by atoms with Gasteiger partial charge in [-0.1, -0.05) is 12.1 Å². The van der Waals surface area contributed by atoms with Crippen molar-refractivity contribution in [3.63, 3.8) is 0 Å². The number of hydrogen-bond acceptors (Lipinski definition) is 6. The first kappa shape index (κ1) is 19.2. The summed E-state index contributed by atoms with van der Waals surface area (Å²) >= 11 is 0. The molecule has 1 heterocycles. The maximum Gasteiger partial charge on any atom is 0.310 e. The van der Waals surface area contributed by atoms with Gasteiger partial charge in [0.2, 0.25) is 0 Å². The Labute approximate surface area is 149 Å². The van der Waals surface area contributed by atoms with E-state index in [1.165, 1.54) is 0 Å². The second-order valence-corrected chi connectivity index (χ2v) is 6.29. The Morgan fingerprint density at radius 1 is 1.44 bits per heavy atom. The van der Waals surface area contributed by atoms with E-state index in [1.807, 2.05) is 19.1 Å². The monoisotopic (exact) mass is 346 g/mol. The Kier molecular flexibility index (Phi) is 7.71. The number of aliphatic hydroxyl groups is 1. The fraction of sp³-hybridized carbons (Fsp3) is 0.579. The predicted octanol–water partition coefficient (Wildman–Crippen LogP) is 1.77. The molecule has 136 valence electrons. The molecule has 0 aliphatic carbocycles. The molecular formula is C19H26N2O4. The fourth-order valence-electron chi connectivity index (χ4n) is 3.01. The largest absolute Gasteiger partial charge is 0.491 e. The lowest BCUT2D eigenvalue weighted by molar-refractivity contribution is -0.150. The molecule has 0 radical (unpaired) electrons. The van der Waals surface area contributed by atoms with E-state index in [0.717, 1.165) is 24.9 Å². The standard InChI is InChI=1S/C19H26N2O4/c1-2-24-19(23)16-4-3-11-21(12-16)13-17(22)14-25-18-7-5-15(6-8-18)9-10-20/h5-8,16-17,22H,2-4,9,11-14H2,1H3/t16-,17-/m1/s1. The summed E-state index contributed by atoms with van der Waals surface area (Å²) < 4.78 is 10.7. The molecule has 1 aromatic rings. The molecule has 2 rings (SSSR count). The summed E-state index contributed by atoms with van der Waals surface area (Å²) in [4.78, 5) is 14.0. The molecule has 0 aromatic heterocycles. The van der Waals surface area contributed by atoms with Gasteiger partial charge >= 0.3 is 5.97 Å². The minimum absolute atomic E-state index is 0.102. The van der Waals surface area contributed by atoms with Crippen LogP contribution in [-0.2, 0) is 16.0 Å². The van der Waals surface area contributed by atoms with Crippen molar-refractivity contribution in [3.05, 3.63) is 29.8 Å². The first-order valence-corrected chi connectivity index (χ1v) is 8.78. The van der Waals surface area contributed by atoms with Gasteiger partial charge in [-0.05, 0) is 44.0 Å². The number of likely N-dealkylation sites (tertiary alicyclic amines) is 1. The van der Waals surface area contributed by atoms with Gasteiger partial charge in [0.25, 0.3) is 0 Å². The Hall–Kier alpha value is -2.10. The maximum absolute atomic E-state index is 11.9. The minimum atomic E-state index is -0.625. The van der Waals surface area contributed by atoms with Gasteiger partial charge in [-0.3, -0.25) is 9.69 Å². The van der Waals surface area contributed by atoms with E-state index >= 15 is 0 Å². The lowest BCUT2D eigenvalue weighted by atomic mass is 9.98. The molecule has 0 saturated carbocycles. The predicted molar refractivity (Wildman–Crippen MR) is 93.1 cm³/mol. The summed E-state index contributed by atoms with van der Waals surface area (Å²) in [6, 6.07) is 9.40. The summed E-state index contributed by atoms with van der Waals surface area (Å²) in [6.07, 6.45) is 1.52. The van der Waals surface area contributed by atoms with Crippen LogP contribution in [0.15, 0.2) is 24.3 Å². The first-order valence-electron chi connectivity index (χ1n) is 8.78. The number of hydrogen-bond donors (Lipinski definition) is 1. The van der Waals surface area contributed by atoms with Crippen molar-refractivity contribution in [2.24, 2.45) is 5.92 Å². The van der Waals surface area contributed by atoms with Crippen molar-refractivity contribution >= 4 is 5.97 Å². The number of β-amino-alcohol motifs (C(OH)–C–C–N with tert-alkyl or cyclic N) is 1. The number of nitriles is 1. The topological polar surface area (TPSA) is 82.8 Å². The lowest BCUT2D eigenvalue weighted by Gasteiger charge is -2.32. The third kappa shape index (κ3) is 6.37. The van der Waals surface area contributed by atoms with Gasteiger partial charge in [0.15, 0.2) is 0 Å². The van der Waals surface area contributed by atoms with Crippen molar-refractivity contribution in [1.82, 2.24) is 4.90 Å². The van der Waals surface area contributed by atoms with Crippen LogP contribution in [-0.4, -0.2) is 54.9 Å². The third-order valence-electron chi connectivity index (χ3n) is 4.24. The van der Waals surface area contributed by atoms with Crippen LogP contribution < -0.4 is 4.74 Å². The van der Waals surface area contributed by atoms with Gasteiger partial charge in [0.05, 0.1) is 25.0 Å². The lowest BCUT2D eigenvalue weighted by Crippen LogP contribution is -2.44. The van der Waals surface area contributed by atoms with E-state index in [2.05, 4.69) is 11.0 Å². The fourth-order valence-corrected chi connectivity index (χ4v) is 3.01. The van der Waals surface area contributed by atoms with Crippen LogP contribution >= 0.6 is 0 Å². The molecular weight excluding hydrogens is 320 g/mol. The zero-order chi connectivity index (χ0) is 18.1. The SMILES string of the molecule is CCOC(=O)[C@@H]1CCCN(C[C@@H](O)COc2ccc(CC#N)cc2)C1. The van der Waals surface area contributed by atoms with E-state index in [9.17, 15) is 9.90 Å². The van der Waals surface area contributed by atoms with E-state index in [4.69, 9.17) is 14.7 Å². The van der Waals surface area contributed by atoms with Gasteiger partial charge in [-0.2, -0.15) is 5.26 Å². The molecule has 0 spiro atoms. The van der Waals surface area contributed by atoms with Gasteiger partial charge in [-0.25, -0.2) is 0 Å². The summed E-state index contributed by atoms with van der Waals surface area (Å²) in [6.45, 7) is 4.38. The molecule has 1 aliphatic heterocycles. The molecule has 1 N–H and O–H groups in total. The highest BCUT2D eigenvalue weighted by atomic mass is 16.5. The molecule has 0 amide bonds. The number of ether oxygens (including phenoxy) is 2. The molecule has 1 fully saturated rings. The van der Waals surface area contributed by atoms with E-state index < -0.39 is 6.10 Å². The average molecular weight is 346 g/mol. The number of rotatable bonds is 8. The highest BCUT2D eigenvalue weighted by molar-refractivity contribution is 5.72. The van der Waals surface area contributed by atoms with Crippen molar-refractivity contribution in [2.45, 2.75) is 32.3 Å². The molecule has 1 aliphatic rings. The average Bonchev–Trinajstić information content (AvgIpc) is 2.62. The highest BCUT2D eigenvalue weighted by Gasteiger charge is 2.27. The van der Waals surface area contributed by atoms with Crippen LogP contribution in [0.2, 0.25) is 0 Å². The van der Waals surface area contributed by atoms with Crippen molar-refractivity contribution in [2.75, 3.05) is 32.8 Å². The van der Waals surface area contributed by atoms with Crippen molar-refractivity contribution < 1.29 is 19.4 Å². The minimum Gasteiger partial charge on any atom is -0.491 e. The smallest absolute Gasteiger partial charge is 0.310 e. The second-order valence-electron chi connectivity index (χ2n) is 6.29. The normalized spacial score (nSPS) is 19.0. The van der Waals surface area contributed by atoms with Gasteiger partial charge in [-0.15, -0.1) is 0 Å². The van der Waals surface area contributed by atoms with Crippen LogP contribution in [0.1, 0.15) is 25.3 Å². The Morgan fingerprint density at radius 3 is 2.88 bits per heavy atom. The molecule has 6 heteroatoms. The molecule has 1 saturated heterocycles. The van der Waals surface area contributed by atoms with Gasteiger partial charge in [0, 0.05) is 13.1 Å². The van der Waals surface area contributed by atoms with Crippen LogP contribution in [0.3, 0.4) is 0 Å². The Balaban J connectivity index is 1.74. The summed E-state index contributed by atoms with van der Waals surface area (Å²) in [7, 11) is 0. The summed E-state index contributed by atoms with van der Waals surface area (Å²) in [5, 5.41) is 18.9. The Bertz CT molecular complexity index is 582. The van der Waals surface area contributed by atoms with E-state index in [0.29, 0.717) is 31.9 Å². The second kappa shape index (κ2) is 10.0. The Morgan fingerprint density at radius 2 is 2.20 bits per heavy atom. The molecule has 1 aromatic carbocycles. The van der Waals surface area contributed by atoms with Crippen LogP contribution in [0.25, 0.3) is 0 Å². The number of nitrogens with zero attached hydrogens (tertiary/aromatic N) is 2. The molecule has 6 nitrogen and oxygen atoms in total. The summed E-state index contributed by atoms with van der Waals surface area (Å²) in [5.41, 5.74) is 0.939.